The average Bonchev–Trinajstić information content (AvgIpc) is 3.01. The number of methoxy groups -OCH3 is 1. The largest absolute Gasteiger partial charge is 0.497 e. The lowest BCUT2D eigenvalue weighted by Crippen LogP contribution is -2.16. The molecule has 2 aromatic rings. The molecule has 1 heterocycles. The molecule has 124 valence electrons. The van der Waals surface area contributed by atoms with Gasteiger partial charge < -0.3 is 14.8 Å². The number of hydrogen-bond acceptors (Lipinski definition) is 8. The van der Waals surface area contributed by atoms with Crippen molar-refractivity contribution < 1.29 is 14.3 Å². The molecular formula is C15H19N3O3S2. The highest BCUT2D eigenvalue weighted by Crippen LogP contribution is 2.29. The van der Waals surface area contributed by atoms with E-state index in [1.165, 1.54) is 23.1 Å². The molecule has 0 amide bonds. The number of benzene rings is 1. The summed E-state index contributed by atoms with van der Waals surface area (Å²) in [7, 11) is 1.64. The van der Waals surface area contributed by atoms with Crippen molar-refractivity contribution in [1.29, 1.82) is 0 Å². The van der Waals surface area contributed by atoms with E-state index in [9.17, 15) is 4.79 Å². The normalized spacial score (nSPS) is 11.8. The van der Waals surface area contributed by atoms with Crippen LogP contribution in [-0.4, -0.2) is 35.1 Å². The summed E-state index contributed by atoms with van der Waals surface area (Å²) < 4.78 is 10.8. The molecule has 1 aromatic heterocycles. The third-order valence-corrected chi connectivity index (χ3v) is 4.95. The lowest BCUT2D eigenvalue weighted by Gasteiger charge is -2.07. The van der Waals surface area contributed by atoms with Gasteiger partial charge in [-0.3, -0.25) is 4.79 Å². The summed E-state index contributed by atoms with van der Waals surface area (Å²) in [6, 6.07) is 7.82. The van der Waals surface area contributed by atoms with E-state index in [2.05, 4.69) is 15.5 Å². The standard InChI is InChI=1S/C15H19N3O3S2/c1-4-21-13(19)10(2)22-15-18-17-14(23-15)16-9-11-5-7-12(20-3)8-6-11/h5-8,10H,4,9H2,1-3H3,(H,16,17)/t10-/m0/s1. The molecule has 6 nitrogen and oxygen atoms in total. The Morgan fingerprint density at radius 1 is 1.35 bits per heavy atom. The number of hydrogen-bond donors (Lipinski definition) is 1. The predicted molar refractivity (Wildman–Crippen MR) is 92.2 cm³/mol. The molecule has 0 saturated heterocycles. The molecular weight excluding hydrogens is 334 g/mol. The Hall–Kier alpha value is -1.80. The maximum atomic E-state index is 11.6. The van der Waals surface area contributed by atoms with Gasteiger partial charge in [-0.25, -0.2) is 0 Å². The minimum atomic E-state index is -0.294. The first-order valence-corrected chi connectivity index (χ1v) is 8.85. The molecule has 0 aliphatic heterocycles. The average molecular weight is 353 g/mol. The molecule has 0 fully saturated rings. The zero-order chi connectivity index (χ0) is 16.7. The lowest BCUT2D eigenvalue weighted by molar-refractivity contribution is -0.142. The van der Waals surface area contributed by atoms with Crippen LogP contribution in [0, 0.1) is 0 Å². The van der Waals surface area contributed by atoms with Gasteiger partial charge in [0.15, 0.2) is 4.34 Å². The minimum Gasteiger partial charge on any atom is -0.497 e. The SMILES string of the molecule is CCOC(=O)[C@H](C)Sc1nnc(NCc2ccc(OC)cc2)s1. The van der Waals surface area contributed by atoms with E-state index in [-0.39, 0.29) is 11.2 Å². The van der Waals surface area contributed by atoms with E-state index >= 15 is 0 Å². The van der Waals surface area contributed by atoms with E-state index in [1.807, 2.05) is 24.3 Å². The fourth-order valence-corrected chi connectivity index (χ4v) is 3.60. The lowest BCUT2D eigenvalue weighted by atomic mass is 10.2. The molecule has 0 bridgehead atoms. The second-order valence-electron chi connectivity index (χ2n) is 4.59. The van der Waals surface area contributed by atoms with Crippen LogP contribution in [0.3, 0.4) is 0 Å². The first kappa shape index (κ1) is 17.6. The summed E-state index contributed by atoms with van der Waals surface area (Å²) >= 11 is 2.77. The topological polar surface area (TPSA) is 73.3 Å². The number of nitrogens with zero attached hydrogens (tertiary/aromatic N) is 2. The first-order valence-electron chi connectivity index (χ1n) is 7.16. The second-order valence-corrected chi connectivity index (χ2v) is 7.15. The highest BCUT2D eigenvalue weighted by molar-refractivity contribution is 8.02. The summed E-state index contributed by atoms with van der Waals surface area (Å²) in [5.41, 5.74) is 1.12. The van der Waals surface area contributed by atoms with Crippen molar-refractivity contribution in [3.63, 3.8) is 0 Å². The number of carbonyl (C=O) groups excluding carboxylic acids is 1. The zero-order valence-electron chi connectivity index (χ0n) is 13.2. The number of ether oxygens (including phenoxy) is 2. The molecule has 0 saturated carbocycles. The molecule has 8 heteroatoms. The number of thioether (sulfide) groups is 1. The van der Waals surface area contributed by atoms with E-state index in [1.54, 1.807) is 21.0 Å². The summed E-state index contributed by atoms with van der Waals surface area (Å²) in [6.45, 7) is 4.63. The van der Waals surface area contributed by atoms with Crippen molar-refractivity contribution in [2.24, 2.45) is 0 Å². The monoisotopic (exact) mass is 353 g/mol. The molecule has 2 rings (SSSR count). The molecule has 0 radical (unpaired) electrons. The summed E-state index contributed by atoms with van der Waals surface area (Å²) in [5, 5.41) is 11.8. The van der Waals surface area contributed by atoms with Crippen LogP contribution in [0.15, 0.2) is 28.6 Å². The maximum absolute atomic E-state index is 11.6. The number of nitrogens with one attached hydrogen (secondary N) is 1. The Bertz CT molecular complexity index is 631. The van der Waals surface area contributed by atoms with Gasteiger partial charge in [0.25, 0.3) is 0 Å². The Morgan fingerprint density at radius 2 is 2.09 bits per heavy atom. The Labute approximate surface area is 143 Å². The number of rotatable bonds is 8. The summed E-state index contributed by atoms with van der Waals surface area (Å²) in [4.78, 5) is 11.6. The van der Waals surface area contributed by atoms with Crippen molar-refractivity contribution >= 4 is 34.2 Å². The van der Waals surface area contributed by atoms with Crippen molar-refractivity contribution in [3.05, 3.63) is 29.8 Å². The van der Waals surface area contributed by atoms with Crippen molar-refractivity contribution in [3.8, 4) is 5.75 Å². The zero-order valence-corrected chi connectivity index (χ0v) is 14.9. The predicted octanol–water partition coefficient (Wildman–Crippen LogP) is 3.20. The molecule has 0 unspecified atom stereocenters. The van der Waals surface area contributed by atoms with Crippen LogP contribution in [0.2, 0.25) is 0 Å². The van der Waals surface area contributed by atoms with Crippen molar-refractivity contribution in [2.75, 3.05) is 19.0 Å². The van der Waals surface area contributed by atoms with Crippen LogP contribution in [0.1, 0.15) is 19.4 Å². The highest BCUT2D eigenvalue weighted by Gasteiger charge is 2.18. The van der Waals surface area contributed by atoms with Crippen LogP contribution in [0.5, 0.6) is 5.75 Å². The molecule has 0 aliphatic rings. The Kier molecular flexibility index (Phi) is 6.66. The van der Waals surface area contributed by atoms with Crippen molar-refractivity contribution in [2.45, 2.75) is 30.0 Å². The Balaban J connectivity index is 1.85. The van der Waals surface area contributed by atoms with Gasteiger partial charge in [0.05, 0.1) is 13.7 Å². The quantitative estimate of drug-likeness (QED) is 0.577. The number of carbonyl (C=O) groups is 1. The number of esters is 1. The molecule has 1 atom stereocenters. The molecule has 1 aromatic carbocycles. The van der Waals surface area contributed by atoms with Crippen LogP contribution in [0.25, 0.3) is 0 Å². The maximum Gasteiger partial charge on any atom is 0.319 e. The van der Waals surface area contributed by atoms with Crippen LogP contribution < -0.4 is 10.1 Å². The van der Waals surface area contributed by atoms with Gasteiger partial charge in [-0.1, -0.05) is 35.2 Å². The van der Waals surface area contributed by atoms with E-state index in [0.29, 0.717) is 13.2 Å². The van der Waals surface area contributed by atoms with Gasteiger partial charge in [0, 0.05) is 6.54 Å². The smallest absolute Gasteiger partial charge is 0.319 e. The number of anilines is 1. The van der Waals surface area contributed by atoms with Gasteiger partial charge in [-0.2, -0.15) is 0 Å². The third-order valence-electron chi connectivity index (χ3n) is 2.91. The molecule has 1 N–H and O–H groups in total. The van der Waals surface area contributed by atoms with Crippen LogP contribution in [0.4, 0.5) is 5.13 Å². The second kappa shape index (κ2) is 8.73. The molecule has 23 heavy (non-hydrogen) atoms. The molecule has 0 spiro atoms. The number of aromatic nitrogens is 2. The minimum absolute atomic E-state index is 0.236. The summed E-state index contributed by atoms with van der Waals surface area (Å²) in [6.07, 6.45) is 0. The van der Waals surface area contributed by atoms with Crippen molar-refractivity contribution in [1.82, 2.24) is 10.2 Å². The van der Waals surface area contributed by atoms with Crippen LogP contribution in [-0.2, 0) is 16.1 Å². The fraction of sp³-hybridized carbons (Fsp3) is 0.400. The highest BCUT2D eigenvalue weighted by atomic mass is 32.2. The summed E-state index contributed by atoms with van der Waals surface area (Å²) in [5.74, 6) is 0.594. The Morgan fingerprint density at radius 3 is 2.74 bits per heavy atom. The third kappa shape index (κ3) is 5.40. The van der Waals surface area contributed by atoms with Gasteiger partial charge in [-0.15, -0.1) is 10.2 Å². The van der Waals surface area contributed by atoms with Gasteiger partial charge >= 0.3 is 5.97 Å². The van der Waals surface area contributed by atoms with Gasteiger partial charge in [-0.05, 0) is 31.5 Å². The van der Waals surface area contributed by atoms with Gasteiger partial charge in [0.2, 0.25) is 5.13 Å². The fourth-order valence-electron chi connectivity index (χ4n) is 1.71. The van der Waals surface area contributed by atoms with Gasteiger partial charge in [0.1, 0.15) is 11.0 Å². The van der Waals surface area contributed by atoms with E-state index < -0.39 is 0 Å². The van der Waals surface area contributed by atoms with Crippen LogP contribution >= 0.6 is 23.1 Å². The van der Waals surface area contributed by atoms with E-state index in [0.717, 1.165) is 20.8 Å². The molecule has 0 aliphatic carbocycles. The first-order chi connectivity index (χ1) is 11.1. The van der Waals surface area contributed by atoms with E-state index in [4.69, 9.17) is 9.47 Å².